The summed E-state index contributed by atoms with van der Waals surface area (Å²) in [5.74, 6) is 0.695. The lowest BCUT2D eigenvalue weighted by atomic mass is 10.2. The number of ether oxygens (including phenoxy) is 2. The third kappa shape index (κ3) is 6.52. The highest BCUT2D eigenvalue weighted by atomic mass is 32.2. The van der Waals surface area contributed by atoms with Gasteiger partial charge in [0.05, 0.1) is 29.6 Å². The predicted octanol–water partition coefficient (Wildman–Crippen LogP) is 4.07. The number of benzene rings is 3. The van der Waals surface area contributed by atoms with Crippen LogP contribution in [0.3, 0.4) is 0 Å². The van der Waals surface area contributed by atoms with Gasteiger partial charge in [-0.05, 0) is 74.4 Å². The molecule has 0 unspecified atom stereocenters. The van der Waals surface area contributed by atoms with Gasteiger partial charge in [-0.15, -0.1) is 0 Å². The van der Waals surface area contributed by atoms with E-state index in [-0.39, 0.29) is 22.0 Å². The Kier molecular flexibility index (Phi) is 8.48. The van der Waals surface area contributed by atoms with E-state index in [1.165, 1.54) is 36.5 Å². The molecule has 0 bridgehead atoms. The number of nitrogens with zero attached hydrogens (tertiary/aromatic N) is 2. The van der Waals surface area contributed by atoms with Gasteiger partial charge in [0.2, 0.25) is 26.0 Å². The minimum absolute atomic E-state index is 0.0159. The molecule has 0 aromatic heterocycles. The number of anilines is 2. The van der Waals surface area contributed by atoms with Crippen LogP contribution in [0.2, 0.25) is 0 Å². The maximum atomic E-state index is 13.3. The molecule has 0 radical (unpaired) electrons. The second-order valence-electron chi connectivity index (χ2n) is 9.11. The van der Waals surface area contributed by atoms with Crippen LogP contribution in [0.1, 0.15) is 19.8 Å². The van der Waals surface area contributed by atoms with E-state index in [2.05, 4.69) is 5.32 Å². The molecule has 4 rings (SSSR count). The van der Waals surface area contributed by atoms with Gasteiger partial charge >= 0.3 is 0 Å². The summed E-state index contributed by atoms with van der Waals surface area (Å²) < 4.78 is 65.1. The normalized spacial score (nSPS) is 14.9. The van der Waals surface area contributed by atoms with Crippen molar-refractivity contribution in [1.82, 2.24) is 4.31 Å². The summed E-state index contributed by atoms with van der Waals surface area (Å²) in [5.41, 5.74) is 0.382. The number of carbonyl (C=O) groups is 1. The SMILES string of the molecule is COc1ccc(S(=O)(=O)N2CCCC2)cc1NC(=O)[C@@H](C)N(c1ccc(Oc2ccccc2)cc1)S(C)(=O)=O. The van der Waals surface area contributed by atoms with Crippen molar-refractivity contribution in [3.05, 3.63) is 72.8 Å². The Hall–Kier alpha value is -3.61. The number of sulfonamides is 2. The molecule has 0 saturated carbocycles. The minimum atomic E-state index is -3.89. The van der Waals surface area contributed by atoms with Crippen LogP contribution in [0.15, 0.2) is 77.7 Å². The Labute approximate surface area is 229 Å². The van der Waals surface area contributed by atoms with Crippen LogP contribution in [0.25, 0.3) is 0 Å². The molecule has 1 amide bonds. The summed E-state index contributed by atoms with van der Waals surface area (Å²) in [4.78, 5) is 13.3. The lowest BCUT2D eigenvalue weighted by molar-refractivity contribution is -0.116. The number of hydrogen-bond donors (Lipinski definition) is 1. The molecule has 208 valence electrons. The molecular formula is C27H31N3O7S2. The molecule has 3 aromatic rings. The zero-order valence-corrected chi connectivity index (χ0v) is 23.5. The number of hydrogen-bond acceptors (Lipinski definition) is 7. The number of amides is 1. The van der Waals surface area contributed by atoms with Gasteiger partial charge in [-0.3, -0.25) is 9.10 Å². The largest absolute Gasteiger partial charge is 0.495 e. The molecule has 3 aromatic carbocycles. The molecule has 1 saturated heterocycles. The number of methoxy groups -OCH3 is 1. The highest BCUT2D eigenvalue weighted by Crippen LogP contribution is 2.31. The Bertz CT molecular complexity index is 1520. The summed E-state index contributed by atoms with van der Waals surface area (Å²) in [7, 11) is -6.24. The number of nitrogens with one attached hydrogen (secondary N) is 1. The fraction of sp³-hybridized carbons (Fsp3) is 0.296. The average molecular weight is 574 g/mol. The van der Waals surface area contributed by atoms with E-state index in [0.717, 1.165) is 23.4 Å². The maximum absolute atomic E-state index is 13.3. The molecule has 1 aliphatic rings. The van der Waals surface area contributed by atoms with Crippen molar-refractivity contribution in [3.63, 3.8) is 0 Å². The number of rotatable bonds is 10. The zero-order chi connectivity index (χ0) is 28.2. The second kappa shape index (κ2) is 11.6. The van der Waals surface area contributed by atoms with E-state index in [1.807, 2.05) is 18.2 Å². The quantitative estimate of drug-likeness (QED) is 0.388. The fourth-order valence-electron chi connectivity index (χ4n) is 4.35. The monoisotopic (exact) mass is 573 g/mol. The van der Waals surface area contributed by atoms with Crippen molar-refractivity contribution in [2.24, 2.45) is 0 Å². The molecule has 0 spiro atoms. The lowest BCUT2D eigenvalue weighted by Crippen LogP contribution is -2.45. The van der Waals surface area contributed by atoms with Gasteiger partial charge in [-0.25, -0.2) is 16.8 Å². The molecule has 1 atom stereocenters. The third-order valence-corrected chi connectivity index (χ3v) is 9.43. The highest BCUT2D eigenvalue weighted by molar-refractivity contribution is 7.92. The van der Waals surface area contributed by atoms with Crippen LogP contribution < -0.4 is 19.1 Å². The average Bonchev–Trinajstić information content (AvgIpc) is 3.46. The topological polar surface area (TPSA) is 122 Å². The van der Waals surface area contributed by atoms with E-state index in [9.17, 15) is 21.6 Å². The van der Waals surface area contributed by atoms with Crippen molar-refractivity contribution >= 4 is 37.3 Å². The predicted molar refractivity (Wildman–Crippen MR) is 149 cm³/mol. The molecule has 1 heterocycles. The Balaban J connectivity index is 1.57. The molecule has 1 N–H and O–H groups in total. The van der Waals surface area contributed by atoms with Crippen molar-refractivity contribution in [2.45, 2.75) is 30.7 Å². The molecule has 39 heavy (non-hydrogen) atoms. The van der Waals surface area contributed by atoms with E-state index in [4.69, 9.17) is 9.47 Å². The fourth-order valence-corrected chi connectivity index (χ4v) is 7.07. The summed E-state index contributed by atoms with van der Waals surface area (Å²) in [6, 6.07) is 18.5. The van der Waals surface area contributed by atoms with Gasteiger partial charge in [0, 0.05) is 13.1 Å². The lowest BCUT2D eigenvalue weighted by Gasteiger charge is -2.28. The molecule has 1 aliphatic heterocycles. The van der Waals surface area contributed by atoms with Gasteiger partial charge in [0.25, 0.3) is 0 Å². The Morgan fingerprint density at radius 1 is 0.923 bits per heavy atom. The molecular weight excluding hydrogens is 542 g/mol. The first kappa shape index (κ1) is 28.4. The van der Waals surface area contributed by atoms with Crippen LogP contribution >= 0.6 is 0 Å². The Morgan fingerprint density at radius 3 is 2.13 bits per heavy atom. The van der Waals surface area contributed by atoms with Gasteiger partial charge in [0.15, 0.2) is 0 Å². The van der Waals surface area contributed by atoms with Crippen LogP contribution in [0.5, 0.6) is 17.2 Å². The van der Waals surface area contributed by atoms with Crippen molar-refractivity contribution in [3.8, 4) is 17.2 Å². The van der Waals surface area contributed by atoms with Crippen LogP contribution in [-0.2, 0) is 24.8 Å². The van der Waals surface area contributed by atoms with E-state index < -0.39 is 32.0 Å². The molecule has 12 heteroatoms. The van der Waals surface area contributed by atoms with Gasteiger partial charge in [0.1, 0.15) is 23.3 Å². The van der Waals surface area contributed by atoms with Gasteiger partial charge < -0.3 is 14.8 Å². The van der Waals surface area contributed by atoms with Gasteiger partial charge in [-0.1, -0.05) is 18.2 Å². The molecule has 0 aliphatic carbocycles. The first-order chi connectivity index (χ1) is 18.5. The van der Waals surface area contributed by atoms with Crippen LogP contribution in [0.4, 0.5) is 11.4 Å². The maximum Gasteiger partial charge on any atom is 0.248 e. The summed E-state index contributed by atoms with van der Waals surface area (Å²) >= 11 is 0. The van der Waals surface area contributed by atoms with E-state index >= 15 is 0 Å². The zero-order valence-electron chi connectivity index (χ0n) is 21.9. The van der Waals surface area contributed by atoms with Crippen LogP contribution in [-0.4, -0.2) is 59.5 Å². The van der Waals surface area contributed by atoms with Crippen molar-refractivity contribution in [1.29, 1.82) is 0 Å². The first-order valence-electron chi connectivity index (χ1n) is 12.3. The standard InChI is InChI=1S/C27H31N3O7S2/c1-20(30(38(3,32)33)21-11-13-23(14-12-21)37-22-9-5-4-6-10-22)27(31)28-25-19-24(15-16-26(25)36-2)39(34,35)29-17-7-8-18-29/h4-6,9-16,19-20H,7-8,17-18H2,1-3H3,(H,28,31)/t20-/m1/s1. The Morgan fingerprint density at radius 2 is 1.54 bits per heavy atom. The van der Waals surface area contributed by atoms with Crippen molar-refractivity contribution in [2.75, 3.05) is 36.1 Å². The second-order valence-corrected chi connectivity index (χ2v) is 12.9. The van der Waals surface area contributed by atoms with Crippen LogP contribution in [0, 0.1) is 0 Å². The number of para-hydroxylation sites is 1. The third-order valence-electron chi connectivity index (χ3n) is 6.29. The summed E-state index contributed by atoms with van der Waals surface area (Å²) in [6.45, 7) is 2.32. The summed E-state index contributed by atoms with van der Waals surface area (Å²) in [6.07, 6.45) is 2.59. The van der Waals surface area contributed by atoms with E-state index in [0.29, 0.717) is 24.6 Å². The molecule has 1 fully saturated rings. The smallest absolute Gasteiger partial charge is 0.248 e. The van der Waals surface area contributed by atoms with Crippen molar-refractivity contribution < 1.29 is 31.1 Å². The first-order valence-corrected chi connectivity index (χ1v) is 15.6. The minimum Gasteiger partial charge on any atom is -0.495 e. The number of carbonyl (C=O) groups excluding carboxylic acids is 1. The van der Waals surface area contributed by atoms with Gasteiger partial charge in [-0.2, -0.15) is 4.31 Å². The highest BCUT2D eigenvalue weighted by Gasteiger charge is 2.31. The molecule has 10 nitrogen and oxygen atoms in total. The summed E-state index contributed by atoms with van der Waals surface area (Å²) in [5, 5.41) is 2.65. The van der Waals surface area contributed by atoms with E-state index in [1.54, 1.807) is 36.4 Å².